The Balaban J connectivity index is 1.76. The summed E-state index contributed by atoms with van der Waals surface area (Å²) in [5.41, 5.74) is 10.5. The summed E-state index contributed by atoms with van der Waals surface area (Å²) in [5.74, 6) is -0.485. The summed E-state index contributed by atoms with van der Waals surface area (Å²) in [6, 6.07) is 20.8. The van der Waals surface area contributed by atoms with E-state index in [4.69, 9.17) is 5.73 Å². The molecule has 2 aromatic carbocycles. The van der Waals surface area contributed by atoms with Gasteiger partial charge in [0.15, 0.2) is 5.78 Å². The van der Waals surface area contributed by atoms with E-state index in [1.807, 2.05) is 43.3 Å². The lowest BCUT2D eigenvalue weighted by Gasteiger charge is -2.41. The van der Waals surface area contributed by atoms with E-state index in [2.05, 4.69) is 32.9 Å². The zero-order valence-electron chi connectivity index (χ0n) is 22.4. The maximum Gasteiger partial charge on any atom is 0.271 e. The van der Waals surface area contributed by atoms with Crippen LogP contribution in [0.1, 0.15) is 66.3 Å². The number of non-ortho nitro benzene ring substituents is 1. The number of nitrogens with zero attached hydrogens (tertiary/aromatic N) is 3. The lowest BCUT2D eigenvalue weighted by Crippen LogP contribution is -2.40. The Morgan fingerprint density at radius 1 is 1.10 bits per heavy atom. The van der Waals surface area contributed by atoms with Crippen LogP contribution in [0.4, 0.5) is 11.4 Å². The van der Waals surface area contributed by atoms with E-state index in [1.54, 1.807) is 22.3 Å². The van der Waals surface area contributed by atoms with Crippen molar-refractivity contribution in [3.05, 3.63) is 114 Å². The lowest BCUT2D eigenvalue weighted by molar-refractivity contribution is -0.384. The molecular weight excluding hydrogens is 508 g/mol. The second-order valence-corrected chi connectivity index (χ2v) is 12.3. The second-order valence-electron chi connectivity index (χ2n) is 11.2. The van der Waals surface area contributed by atoms with Crippen LogP contribution in [-0.4, -0.2) is 10.7 Å². The van der Waals surface area contributed by atoms with Crippen LogP contribution in [0.3, 0.4) is 0 Å². The molecule has 39 heavy (non-hydrogen) atoms. The molecule has 0 saturated heterocycles. The van der Waals surface area contributed by atoms with E-state index >= 15 is 0 Å². The molecular formula is C31H30N4O3S. The number of Topliss-reactive ketones (excluding diaryl/α,β-unsaturated/α-hetero) is 1. The van der Waals surface area contributed by atoms with Gasteiger partial charge in [-0.15, -0.1) is 11.3 Å². The van der Waals surface area contributed by atoms with Gasteiger partial charge in [0.1, 0.15) is 5.82 Å². The molecule has 198 valence electrons. The Morgan fingerprint density at radius 3 is 2.44 bits per heavy atom. The quantitative estimate of drug-likeness (QED) is 0.284. The molecule has 0 radical (unpaired) electrons. The summed E-state index contributed by atoms with van der Waals surface area (Å²) in [6.07, 6.45) is 0.831. The predicted molar refractivity (Wildman–Crippen MR) is 153 cm³/mol. The van der Waals surface area contributed by atoms with Gasteiger partial charge in [0.2, 0.25) is 0 Å². The molecule has 0 spiro atoms. The number of rotatable bonds is 4. The summed E-state index contributed by atoms with van der Waals surface area (Å²) >= 11 is 1.59. The van der Waals surface area contributed by atoms with E-state index < -0.39 is 10.8 Å². The molecule has 0 fully saturated rings. The molecule has 3 aromatic rings. The van der Waals surface area contributed by atoms with Crippen molar-refractivity contribution in [3.63, 3.8) is 0 Å². The first-order chi connectivity index (χ1) is 18.5. The molecule has 1 aromatic heterocycles. The summed E-state index contributed by atoms with van der Waals surface area (Å²) in [6.45, 7) is 8.24. The molecule has 5 rings (SSSR count). The highest BCUT2D eigenvalue weighted by Crippen LogP contribution is 2.51. The molecule has 0 unspecified atom stereocenters. The van der Waals surface area contributed by atoms with Crippen LogP contribution in [0.2, 0.25) is 0 Å². The third-order valence-electron chi connectivity index (χ3n) is 7.53. The van der Waals surface area contributed by atoms with Crippen molar-refractivity contribution in [2.24, 2.45) is 5.73 Å². The van der Waals surface area contributed by atoms with Gasteiger partial charge in [0.05, 0.1) is 28.2 Å². The fourth-order valence-electron chi connectivity index (χ4n) is 5.51. The van der Waals surface area contributed by atoms with Crippen molar-refractivity contribution in [2.45, 2.75) is 57.8 Å². The van der Waals surface area contributed by atoms with Gasteiger partial charge >= 0.3 is 0 Å². The number of nitro benzene ring substituents is 1. The van der Waals surface area contributed by atoms with Crippen molar-refractivity contribution >= 4 is 28.5 Å². The number of benzene rings is 2. The minimum Gasteiger partial charge on any atom is -0.384 e. The van der Waals surface area contributed by atoms with Gasteiger partial charge < -0.3 is 5.73 Å². The Morgan fingerprint density at radius 2 is 1.82 bits per heavy atom. The Labute approximate surface area is 232 Å². The third kappa shape index (κ3) is 4.64. The molecule has 1 aliphatic carbocycles. The van der Waals surface area contributed by atoms with Crippen molar-refractivity contribution in [1.82, 2.24) is 0 Å². The van der Waals surface area contributed by atoms with Gasteiger partial charge in [-0.3, -0.25) is 19.8 Å². The molecule has 0 bridgehead atoms. The molecule has 1 aliphatic heterocycles. The third-order valence-corrected chi connectivity index (χ3v) is 9.11. The highest BCUT2D eigenvalue weighted by Gasteiger charge is 2.44. The minimum atomic E-state index is -0.578. The largest absolute Gasteiger partial charge is 0.384 e. The number of nitrogens with two attached hydrogens (primary N) is 1. The van der Waals surface area contributed by atoms with Crippen LogP contribution in [0.25, 0.3) is 0 Å². The monoisotopic (exact) mass is 538 g/mol. The van der Waals surface area contributed by atoms with E-state index in [9.17, 15) is 20.2 Å². The number of aryl methyl sites for hydroxylation is 1. The smallest absolute Gasteiger partial charge is 0.271 e. The van der Waals surface area contributed by atoms with Crippen molar-refractivity contribution < 1.29 is 9.72 Å². The molecule has 2 N–H and O–H groups in total. The number of nitro groups is 1. The van der Waals surface area contributed by atoms with Crippen LogP contribution in [0, 0.1) is 28.4 Å². The van der Waals surface area contributed by atoms with Crippen molar-refractivity contribution in [3.8, 4) is 6.07 Å². The molecule has 2 heterocycles. The molecule has 2 atom stereocenters. The van der Waals surface area contributed by atoms with Gasteiger partial charge in [-0.05, 0) is 47.9 Å². The van der Waals surface area contributed by atoms with Crippen LogP contribution >= 0.6 is 11.3 Å². The zero-order valence-corrected chi connectivity index (χ0v) is 23.2. The topological polar surface area (TPSA) is 113 Å². The average molecular weight is 539 g/mol. The highest BCUT2D eigenvalue weighted by molar-refractivity contribution is 7.12. The van der Waals surface area contributed by atoms with Gasteiger partial charge in [-0.2, -0.15) is 5.26 Å². The standard InChI is InChI=1S/C31H30N4O3S/c1-18-10-11-21(35(37)38)16-23(18)34-24-14-20(19-8-6-5-7-9-19)15-25(36)29(24)28(22(17-32)30(34)33)26-12-13-27(39-26)31(2,3)4/h5-13,16,20,28H,14-15,33H2,1-4H3/t20-,28-/m1/s1. The number of nitriles is 1. The number of thiophene rings is 1. The van der Waals surface area contributed by atoms with Gasteiger partial charge in [0, 0.05) is 39.6 Å². The molecule has 0 saturated carbocycles. The number of hydrogen-bond donors (Lipinski definition) is 1. The first kappa shape index (κ1) is 26.4. The molecule has 2 aliphatic rings. The maximum absolute atomic E-state index is 14.0. The van der Waals surface area contributed by atoms with E-state index in [1.165, 1.54) is 12.1 Å². The van der Waals surface area contributed by atoms with Gasteiger partial charge in [-0.25, -0.2) is 0 Å². The number of hydrogen-bond acceptors (Lipinski definition) is 7. The van der Waals surface area contributed by atoms with Crippen LogP contribution in [0.5, 0.6) is 0 Å². The number of ketones is 1. The average Bonchev–Trinajstić information content (AvgIpc) is 3.40. The summed E-state index contributed by atoms with van der Waals surface area (Å²) in [4.78, 5) is 29.0. The number of carbonyl (C=O) groups excluding carboxylic acids is 1. The normalized spacial score (nSPS) is 19.7. The zero-order chi connectivity index (χ0) is 28.1. The van der Waals surface area contributed by atoms with Gasteiger partial charge in [-0.1, -0.05) is 57.2 Å². The van der Waals surface area contributed by atoms with E-state index in [0.29, 0.717) is 29.8 Å². The van der Waals surface area contributed by atoms with E-state index in [0.717, 1.165) is 20.9 Å². The SMILES string of the molecule is Cc1ccc([N+](=O)[O-])cc1N1C(N)=C(C#N)[C@H](c2ccc(C(C)(C)C)s2)C2=C1C[C@@H](c1ccccc1)CC2=O. The fraction of sp³-hybridized carbons (Fsp3) is 0.290. The van der Waals surface area contributed by atoms with E-state index in [-0.39, 0.29) is 34.2 Å². The first-order valence-corrected chi connectivity index (χ1v) is 13.7. The number of allylic oxidation sites excluding steroid dienone is 3. The van der Waals surface area contributed by atoms with Crippen LogP contribution < -0.4 is 10.6 Å². The van der Waals surface area contributed by atoms with Crippen molar-refractivity contribution in [1.29, 1.82) is 5.26 Å². The highest BCUT2D eigenvalue weighted by atomic mass is 32.1. The summed E-state index contributed by atoms with van der Waals surface area (Å²) in [7, 11) is 0. The van der Waals surface area contributed by atoms with Crippen LogP contribution in [0.15, 0.2) is 83.3 Å². The second kappa shape index (κ2) is 9.83. The van der Waals surface area contributed by atoms with Crippen molar-refractivity contribution in [2.75, 3.05) is 4.90 Å². The summed E-state index contributed by atoms with van der Waals surface area (Å²) < 4.78 is 0. The first-order valence-electron chi connectivity index (χ1n) is 12.9. The number of carbonyl (C=O) groups is 1. The van der Waals surface area contributed by atoms with Gasteiger partial charge in [0.25, 0.3) is 5.69 Å². The van der Waals surface area contributed by atoms with Crippen LogP contribution in [-0.2, 0) is 10.2 Å². The fourth-order valence-corrected chi connectivity index (χ4v) is 6.70. The lowest BCUT2D eigenvalue weighted by atomic mass is 9.73. The predicted octanol–water partition coefficient (Wildman–Crippen LogP) is 6.96. The Hall–Kier alpha value is -4.22. The molecule has 0 amide bonds. The molecule has 8 heteroatoms. The Bertz CT molecular complexity index is 1590. The molecule has 7 nitrogen and oxygen atoms in total. The maximum atomic E-state index is 14.0. The summed E-state index contributed by atoms with van der Waals surface area (Å²) in [5, 5.41) is 22.1. The Kier molecular flexibility index (Phi) is 6.65. The minimum absolute atomic E-state index is 0.0332. The number of anilines is 1.